The van der Waals surface area contributed by atoms with Gasteiger partial charge in [-0.25, -0.2) is 14.9 Å². The zero-order chi connectivity index (χ0) is 22.0. The predicted octanol–water partition coefficient (Wildman–Crippen LogP) is 0.0205. The molecule has 1 aliphatic carbocycles. The van der Waals surface area contributed by atoms with Crippen LogP contribution in [0.1, 0.15) is 20.8 Å². The number of hydrogen-bond acceptors (Lipinski definition) is 8. The largest absolute Gasteiger partial charge is 0.595 e. The number of imide groups is 1. The highest BCUT2D eigenvalue weighted by atomic mass is 16.8. The van der Waals surface area contributed by atoms with Gasteiger partial charge in [-0.1, -0.05) is 6.07 Å². The molecule has 10 heteroatoms. The molecule has 0 radical (unpaired) electrons. The van der Waals surface area contributed by atoms with Gasteiger partial charge >= 0.3 is 11.9 Å². The molecule has 3 heterocycles. The fourth-order valence-electron chi connectivity index (χ4n) is 4.82. The summed E-state index contributed by atoms with van der Waals surface area (Å²) in [6.07, 6.45) is -1.06. The average molecular weight is 416 g/mol. The molecule has 158 valence electrons. The van der Waals surface area contributed by atoms with Gasteiger partial charge in [0.1, 0.15) is 11.5 Å². The van der Waals surface area contributed by atoms with Crippen LogP contribution in [0, 0.1) is 22.5 Å². The first-order valence-corrected chi connectivity index (χ1v) is 9.45. The van der Waals surface area contributed by atoms with Crippen molar-refractivity contribution in [3.63, 3.8) is 0 Å². The number of carbonyl (C=O) groups is 4. The number of hydrogen-bond donors (Lipinski definition) is 2. The summed E-state index contributed by atoms with van der Waals surface area (Å²) < 4.78 is 10.5. The Hall–Kier alpha value is -3.08. The van der Waals surface area contributed by atoms with Crippen molar-refractivity contribution in [1.82, 2.24) is 0 Å². The van der Waals surface area contributed by atoms with E-state index in [1.54, 1.807) is 13.8 Å². The minimum absolute atomic E-state index is 0.0501. The van der Waals surface area contributed by atoms with Crippen molar-refractivity contribution in [3.05, 3.63) is 40.6 Å². The van der Waals surface area contributed by atoms with Gasteiger partial charge in [0.25, 0.3) is 0 Å². The molecule has 30 heavy (non-hydrogen) atoms. The highest BCUT2D eigenvalue weighted by Crippen LogP contribution is 2.58. The Morgan fingerprint density at radius 2 is 2.03 bits per heavy atom. The molecule has 5 unspecified atom stereocenters. The van der Waals surface area contributed by atoms with Crippen LogP contribution in [-0.4, -0.2) is 41.7 Å². The summed E-state index contributed by atoms with van der Waals surface area (Å²) in [4.78, 5) is 52.9. The maximum absolute atomic E-state index is 13.4. The Morgan fingerprint density at radius 3 is 2.67 bits per heavy atom. The van der Waals surface area contributed by atoms with Crippen LogP contribution in [0.3, 0.4) is 0 Å². The Labute approximate surface area is 171 Å². The maximum atomic E-state index is 13.4. The number of ether oxygens (including phenoxy) is 2. The second-order valence-electron chi connectivity index (χ2n) is 7.68. The number of nitrogens with zero attached hydrogens (tertiary/aromatic N) is 1. The molecule has 10 nitrogen and oxygen atoms in total. The number of amides is 2. The third-order valence-electron chi connectivity index (χ3n) is 6.13. The van der Waals surface area contributed by atoms with Crippen molar-refractivity contribution in [2.45, 2.75) is 26.9 Å². The van der Waals surface area contributed by atoms with Gasteiger partial charge in [0.05, 0.1) is 29.7 Å². The number of nitrogens with one attached hydrogen (secondary N) is 1. The van der Waals surface area contributed by atoms with E-state index in [9.17, 15) is 29.6 Å². The quantitative estimate of drug-likeness (QED) is 0.398. The maximum Gasteiger partial charge on any atom is 0.335 e. The van der Waals surface area contributed by atoms with Crippen molar-refractivity contribution in [2.24, 2.45) is 17.3 Å². The Kier molecular flexibility index (Phi) is 4.53. The lowest BCUT2D eigenvalue weighted by atomic mass is 9.57. The van der Waals surface area contributed by atoms with E-state index in [2.05, 4.69) is 0 Å². The minimum Gasteiger partial charge on any atom is -0.595 e. The van der Waals surface area contributed by atoms with Crippen molar-refractivity contribution in [1.29, 1.82) is 0 Å². The molecule has 2 bridgehead atoms. The van der Waals surface area contributed by atoms with Crippen LogP contribution < -0.4 is 10.1 Å². The molecule has 0 spiro atoms. The summed E-state index contributed by atoms with van der Waals surface area (Å²) in [5, 5.41) is 19.3. The van der Waals surface area contributed by atoms with Gasteiger partial charge in [-0.15, -0.1) is 0 Å². The molecule has 1 aromatic rings. The highest BCUT2D eigenvalue weighted by Gasteiger charge is 2.71. The molecular formula is C20H20N2O8. The average Bonchev–Trinajstić information content (AvgIpc) is 2.96. The molecule has 3 aliphatic heterocycles. The molecule has 0 aromatic heterocycles. The zero-order valence-corrected chi connectivity index (χ0v) is 16.5. The van der Waals surface area contributed by atoms with Gasteiger partial charge in [0.2, 0.25) is 11.8 Å². The van der Waals surface area contributed by atoms with E-state index in [1.807, 2.05) is 0 Å². The summed E-state index contributed by atoms with van der Waals surface area (Å²) in [5.41, 5.74) is -1.24. The van der Waals surface area contributed by atoms with Crippen LogP contribution in [0.2, 0.25) is 0 Å². The Morgan fingerprint density at radius 1 is 1.33 bits per heavy atom. The topological polar surface area (TPSA) is 138 Å². The number of esters is 2. The van der Waals surface area contributed by atoms with Gasteiger partial charge in [-0.2, -0.15) is 5.23 Å². The lowest BCUT2D eigenvalue weighted by Gasteiger charge is -2.48. The van der Waals surface area contributed by atoms with E-state index in [0.29, 0.717) is 5.57 Å². The lowest BCUT2D eigenvalue weighted by molar-refractivity contribution is -0.991. The van der Waals surface area contributed by atoms with E-state index in [1.165, 1.54) is 31.2 Å². The van der Waals surface area contributed by atoms with Gasteiger partial charge < -0.3 is 14.7 Å². The number of anilines is 1. The van der Waals surface area contributed by atoms with Crippen LogP contribution >= 0.6 is 0 Å². The predicted molar refractivity (Wildman–Crippen MR) is 99.0 cm³/mol. The second-order valence-corrected chi connectivity index (χ2v) is 7.68. The lowest BCUT2D eigenvalue weighted by Crippen LogP contribution is -2.99. The highest BCUT2D eigenvalue weighted by molar-refractivity contribution is 6.25. The molecule has 4 aliphatic rings. The molecule has 1 aromatic carbocycles. The second kappa shape index (κ2) is 6.73. The summed E-state index contributed by atoms with van der Waals surface area (Å²) in [6.45, 7) is 4.71. The van der Waals surface area contributed by atoms with Crippen LogP contribution in [0.5, 0.6) is 0 Å². The standard InChI is InChI=1S/C20H20N2O8/c1-4-29-18(25)13-9(2)15-12-14(20(13,3)19(26)30-15)17(24)21(16(12)23)10-6-5-7-11(8-10)22(27)28/h5-8,12,14-15,22,27H,4H2,1-3H3. The third kappa shape index (κ3) is 2.47. The monoisotopic (exact) mass is 416 g/mol. The fraction of sp³-hybridized carbons (Fsp3) is 0.400. The number of quaternary nitrogens is 1. The smallest absolute Gasteiger partial charge is 0.335 e. The normalized spacial score (nSPS) is 31.0. The van der Waals surface area contributed by atoms with E-state index in [4.69, 9.17) is 9.47 Å². The molecule has 2 saturated heterocycles. The van der Waals surface area contributed by atoms with E-state index < -0.39 is 52.3 Å². The minimum atomic E-state index is -1.68. The third-order valence-corrected chi connectivity index (χ3v) is 6.13. The van der Waals surface area contributed by atoms with Gasteiger partial charge in [0.15, 0.2) is 5.69 Å². The van der Waals surface area contributed by atoms with Crippen LogP contribution in [0.25, 0.3) is 0 Å². The number of fused-ring (bicyclic) bond motifs is 1. The summed E-state index contributed by atoms with van der Waals surface area (Å²) in [5.74, 6) is -4.89. The Bertz CT molecular complexity index is 1020. The number of benzene rings is 1. The first-order chi connectivity index (χ1) is 14.1. The molecular weight excluding hydrogens is 396 g/mol. The van der Waals surface area contributed by atoms with Crippen LogP contribution in [0.4, 0.5) is 11.4 Å². The van der Waals surface area contributed by atoms with Crippen molar-refractivity contribution in [2.75, 3.05) is 11.5 Å². The van der Waals surface area contributed by atoms with Gasteiger partial charge in [-0.05, 0) is 32.4 Å². The van der Waals surface area contributed by atoms with E-state index in [0.717, 1.165) is 4.90 Å². The molecule has 2 N–H and O–H groups in total. The number of carbonyl (C=O) groups excluding carboxylic acids is 4. The van der Waals surface area contributed by atoms with E-state index in [-0.39, 0.29) is 23.6 Å². The molecule has 5 atom stereocenters. The summed E-state index contributed by atoms with van der Waals surface area (Å²) in [7, 11) is 0. The van der Waals surface area contributed by atoms with Crippen molar-refractivity contribution in [3.8, 4) is 0 Å². The van der Waals surface area contributed by atoms with Crippen molar-refractivity contribution >= 4 is 35.1 Å². The first-order valence-electron chi connectivity index (χ1n) is 9.45. The van der Waals surface area contributed by atoms with Crippen molar-refractivity contribution < 1.29 is 39.1 Å². The van der Waals surface area contributed by atoms with E-state index >= 15 is 0 Å². The SMILES string of the molecule is CCOC(=O)C1=C(C)C2OC(=O)C1(C)C1C(=O)N(c3cccc([NH+]([O-])O)c3)C(=O)C21. The Balaban J connectivity index is 1.83. The van der Waals surface area contributed by atoms with Gasteiger partial charge in [-0.3, -0.25) is 14.4 Å². The fourth-order valence-corrected chi connectivity index (χ4v) is 4.82. The summed E-state index contributed by atoms with van der Waals surface area (Å²) >= 11 is 0. The van der Waals surface area contributed by atoms with Gasteiger partial charge in [0, 0.05) is 12.1 Å². The van der Waals surface area contributed by atoms with Crippen LogP contribution in [-0.2, 0) is 28.7 Å². The molecule has 0 saturated carbocycles. The molecule has 5 rings (SSSR count). The zero-order valence-electron chi connectivity index (χ0n) is 16.5. The molecule has 2 amide bonds. The summed E-state index contributed by atoms with van der Waals surface area (Å²) in [6, 6.07) is 5.42. The van der Waals surface area contributed by atoms with Crippen LogP contribution in [0.15, 0.2) is 35.4 Å². The number of rotatable bonds is 4. The first kappa shape index (κ1) is 20.2. The molecule has 2 fully saturated rings.